The first-order valence-corrected chi connectivity index (χ1v) is 11.0. The summed E-state index contributed by atoms with van der Waals surface area (Å²) < 4.78 is 41.6. The van der Waals surface area contributed by atoms with Crippen LogP contribution in [-0.4, -0.2) is 74.7 Å². The molecule has 2 saturated heterocycles. The summed E-state index contributed by atoms with van der Waals surface area (Å²) in [6, 6.07) is 3.90. The molecule has 8 nitrogen and oxygen atoms in total. The molecule has 0 bridgehead atoms. The van der Waals surface area contributed by atoms with Crippen LogP contribution in [0.4, 0.5) is 0 Å². The smallest absolute Gasteiger partial charge is 0.231 e. The minimum absolute atomic E-state index is 0.0920. The Bertz CT molecular complexity index is 829. The van der Waals surface area contributed by atoms with Crippen LogP contribution in [0.2, 0.25) is 0 Å². The van der Waals surface area contributed by atoms with Crippen molar-refractivity contribution in [2.24, 2.45) is 5.92 Å². The SMILES string of the molecule is COc1cc(CN2CC[C@@]3(O)CCN(S(C)(=O)=O)C[C@H]3C2)cc2c1OCO2. The highest BCUT2D eigenvalue weighted by Gasteiger charge is 2.46. The van der Waals surface area contributed by atoms with Gasteiger partial charge in [0.25, 0.3) is 0 Å². The molecule has 0 aromatic heterocycles. The van der Waals surface area contributed by atoms with E-state index < -0.39 is 15.6 Å². The highest BCUT2D eigenvalue weighted by Crippen LogP contribution is 2.42. The molecule has 2 atom stereocenters. The third kappa shape index (κ3) is 3.61. The van der Waals surface area contributed by atoms with Gasteiger partial charge in [-0.1, -0.05) is 0 Å². The van der Waals surface area contributed by atoms with Gasteiger partial charge in [-0.2, -0.15) is 0 Å². The Morgan fingerprint density at radius 1 is 1.26 bits per heavy atom. The lowest BCUT2D eigenvalue weighted by atomic mass is 9.76. The van der Waals surface area contributed by atoms with Gasteiger partial charge in [-0.3, -0.25) is 4.90 Å². The standard InChI is InChI=1S/C18H26N2O6S/c1-24-15-7-13(8-16-17(15)26-12-25-16)9-19-5-3-18(21)4-6-20(27(2,22)23)11-14(18)10-19/h7-8,14,21H,3-6,9-12H2,1-2H3/t14-,18-/m1/s1. The molecule has 1 N–H and O–H groups in total. The zero-order chi connectivity index (χ0) is 19.2. The molecule has 0 unspecified atom stereocenters. The first kappa shape index (κ1) is 18.8. The topological polar surface area (TPSA) is 88.5 Å². The van der Waals surface area contributed by atoms with Gasteiger partial charge in [-0.05, 0) is 30.5 Å². The van der Waals surface area contributed by atoms with Gasteiger partial charge in [-0.15, -0.1) is 0 Å². The monoisotopic (exact) mass is 398 g/mol. The molecule has 1 aromatic rings. The van der Waals surface area contributed by atoms with Crippen LogP contribution in [0.3, 0.4) is 0 Å². The molecule has 0 aliphatic carbocycles. The number of hydrogen-bond acceptors (Lipinski definition) is 7. The van der Waals surface area contributed by atoms with Gasteiger partial charge in [-0.25, -0.2) is 12.7 Å². The van der Waals surface area contributed by atoms with Crippen LogP contribution in [0.5, 0.6) is 17.2 Å². The van der Waals surface area contributed by atoms with Crippen molar-refractivity contribution < 1.29 is 27.7 Å². The van der Waals surface area contributed by atoms with Crippen molar-refractivity contribution in [2.75, 3.05) is 46.3 Å². The van der Waals surface area contributed by atoms with E-state index in [1.54, 1.807) is 7.11 Å². The van der Waals surface area contributed by atoms with E-state index in [0.29, 0.717) is 56.3 Å². The summed E-state index contributed by atoms with van der Waals surface area (Å²) in [5.74, 6) is 1.86. The van der Waals surface area contributed by atoms with Crippen LogP contribution < -0.4 is 14.2 Å². The Balaban J connectivity index is 1.49. The average Bonchev–Trinajstić information content (AvgIpc) is 3.08. The zero-order valence-electron chi connectivity index (χ0n) is 15.7. The minimum atomic E-state index is -3.24. The number of piperidine rings is 2. The first-order chi connectivity index (χ1) is 12.8. The van der Waals surface area contributed by atoms with Crippen LogP contribution >= 0.6 is 0 Å². The molecule has 9 heteroatoms. The Hall–Kier alpha value is -1.55. The van der Waals surface area contributed by atoms with E-state index >= 15 is 0 Å². The summed E-state index contributed by atoms with van der Waals surface area (Å²) in [6.45, 7) is 3.05. The second-order valence-corrected chi connectivity index (χ2v) is 9.67. The summed E-state index contributed by atoms with van der Waals surface area (Å²) >= 11 is 0. The van der Waals surface area contributed by atoms with Crippen molar-refractivity contribution >= 4 is 10.0 Å². The highest BCUT2D eigenvalue weighted by molar-refractivity contribution is 7.88. The number of likely N-dealkylation sites (tertiary alicyclic amines) is 1. The summed E-state index contributed by atoms with van der Waals surface area (Å²) in [5.41, 5.74) is 0.266. The van der Waals surface area contributed by atoms with Gasteiger partial charge in [0.15, 0.2) is 11.5 Å². The number of fused-ring (bicyclic) bond motifs is 2. The van der Waals surface area contributed by atoms with Crippen molar-refractivity contribution in [1.82, 2.24) is 9.21 Å². The summed E-state index contributed by atoms with van der Waals surface area (Å²) in [5, 5.41) is 11.0. The molecule has 1 aromatic carbocycles. The van der Waals surface area contributed by atoms with E-state index in [1.165, 1.54) is 10.6 Å². The molecule has 0 spiro atoms. The normalized spacial score (nSPS) is 28.8. The van der Waals surface area contributed by atoms with Crippen LogP contribution in [0.15, 0.2) is 12.1 Å². The number of hydrogen-bond donors (Lipinski definition) is 1. The predicted molar refractivity (Wildman–Crippen MR) is 98.5 cm³/mol. The molecule has 27 heavy (non-hydrogen) atoms. The van der Waals surface area contributed by atoms with E-state index in [4.69, 9.17) is 14.2 Å². The minimum Gasteiger partial charge on any atom is -0.493 e. The molecule has 0 saturated carbocycles. The van der Waals surface area contributed by atoms with Crippen molar-refractivity contribution in [2.45, 2.75) is 25.0 Å². The zero-order valence-corrected chi connectivity index (χ0v) is 16.5. The second-order valence-electron chi connectivity index (χ2n) is 7.69. The van der Waals surface area contributed by atoms with Gasteiger partial charge >= 0.3 is 0 Å². The fourth-order valence-corrected chi connectivity index (χ4v) is 5.19. The lowest BCUT2D eigenvalue weighted by Gasteiger charge is -2.49. The van der Waals surface area contributed by atoms with E-state index in [0.717, 1.165) is 12.1 Å². The molecule has 4 rings (SSSR count). The van der Waals surface area contributed by atoms with Gasteiger partial charge in [0.2, 0.25) is 22.6 Å². The fourth-order valence-electron chi connectivity index (χ4n) is 4.32. The van der Waals surface area contributed by atoms with Crippen molar-refractivity contribution in [3.05, 3.63) is 17.7 Å². The molecule has 2 fully saturated rings. The summed E-state index contributed by atoms with van der Waals surface area (Å²) in [7, 11) is -1.64. The number of aliphatic hydroxyl groups is 1. The molecule has 3 aliphatic rings. The Labute approximate surface area is 159 Å². The number of rotatable bonds is 4. The highest BCUT2D eigenvalue weighted by atomic mass is 32.2. The fraction of sp³-hybridized carbons (Fsp3) is 0.667. The lowest BCUT2D eigenvalue weighted by Crippen LogP contribution is -2.60. The number of ether oxygens (including phenoxy) is 3. The molecule has 0 amide bonds. The van der Waals surface area contributed by atoms with Crippen molar-refractivity contribution in [1.29, 1.82) is 0 Å². The summed E-state index contributed by atoms with van der Waals surface area (Å²) in [6.07, 6.45) is 2.38. The number of sulfonamides is 1. The van der Waals surface area contributed by atoms with E-state index in [1.807, 2.05) is 12.1 Å². The molecule has 3 heterocycles. The molecular formula is C18H26N2O6S. The molecule has 150 valence electrons. The van der Waals surface area contributed by atoms with Crippen LogP contribution in [0, 0.1) is 5.92 Å². The van der Waals surface area contributed by atoms with Gasteiger partial charge in [0.1, 0.15) is 0 Å². The van der Waals surface area contributed by atoms with Gasteiger partial charge in [0, 0.05) is 38.6 Å². The largest absolute Gasteiger partial charge is 0.493 e. The third-order valence-electron chi connectivity index (χ3n) is 5.91. The van der Waals surface area contributed by atoms with Crippen molar-refractivity contribution in [3.63, 3.8) is 0 Å². The molecule has 3 aliphatic heterocycles. The number of benzene rings is 1. The van der Waals surface area contributed by atoms with Crippen LogP contribution in [0.1, 0.15) is 18.4 Å². The maximum atomic E-state index is 11.9. The molecule has 0 radical (unpaired) electrons. The lowest BCUT2D eigenvalue weighted by molar-refractivity contribution is -0.103. The average molecular weight is 398 g/mol. The number of nitrogens with zero attached hydrogens (tertiary/aromatic N) is 2. The predicted octanol–water partition coefficient (Wildman–Crippen LogP) is 0.642. The van der Waals surface area contributed by atoms with Gasteiger partial charge < -0.3 is 19.3 Å². The van der Waals surface area contributed by atoms with Crippen molar-refractivity contribution in [3.8, 4) is 17.2 Å². The maximum Gasteiger partial charge on any atom is 0.231 e. The van der Waals surface area contributed by atoms with E-state index in [-0.39, 0.29) is 12.7 Å². The Morgan fingerprint density at radius 3 is 2.78 bits per heavy atom. The quantitative estimate of drug-likeness (QED) is 0.796. The Morgan fingerprint density at radius 2 is 2.04 bits per heavy atom. The van der Waals surface area contributed by atoms with Gasteiger partial charge in [0.05, 0.1) is 19.0 Å². The Kier molecular flexibility index (Phi) is 4.74. The number of methoxy groups -OCH3 is 1. The second kappa shape index (κ2) is 6.80. The van der Waals surface area contributed by atoms with Crippen LogP contribution in [-0.2, 0) is 16.6 Å². The molecular weight excluding hydrogens is 372 g/mol. The first-order valence-electron chi connectivity index (χ1n) is 9.15. The third-order valence-corrected chi connectivity index (χ3v) is 7.18. The maximum absolute atomic E-state index is 11.9. The van der Waals surface area contributed by atoms with E-state index in [2.05, 4.69) is 4.90 Å². The summed E-state index contributed by atoms with van der Waals surface area (Å²) in [4.78, 5) is 2.25. The van der Waals surface area contributed by atoms with Crippen LogP contribution in [0.25, 0.3) is 0 Å². The van der Waals surface area contributed by atoms with E-state index in [9.17, 15) is 13.5 Å².